The Morgan fingerprint density at radius 3 is 2.11 bits per heavy atom. The van der Waals surface area contributed by atoms with Gasteiger partial charge in [0.2, 0.25) is 0 Å². The second-order valence-corrected chi connectivity index (χ2v) is 2.69. The molecular formula is C7H7BrN. The maximum atomic E-state index is 7.24. The Morgan fingerprint density at radius 1 is 1.22 bits per heavy atom. The summed E-state index contributed by atoms with van der Waals surface area (Å²) in [4.78, 5) is -0.279. The minimum Gasteiger partial charge on any atom is -0.238 e. The van der Waals surface area contributed by atoms with E-state index in [1.54, 1.807) is 0 Å². The van der Waals surface area contributed by atoms with Crippen LogP contribution in [0.2, 0.25) is 0 Å². The summed E-state index contributed by atoms with van der Waals surface area (Å²) in [6.07, 6.45) is 0. The minimum absolute atomic E-state index is 0.279. The van der Waals surface area contributed by atoms with E-state index in [1.165, 1.54) is 0 Å². The van der Waals surface area contributed by atoms with Crippen molar-refractivity contribution in [1.82, 2.24) is 5.73 Å². The number of halogens is 1. The number of hydrogen-bond acceptors (Lipinski definition) is 0. The molecule has 9 heavy (non-hydrogen) atoms. The summed E-state index contributed by atoms with van der Waals surface area (Å²) >= 11 is 3.15. The largest absolute Gasteiger partial charge is 0.238 e. The Labute approximate surface area is 63.0 Å². The van der Waals surface area contributed by atoms with Crippen molar-refractivity contribution in [2.75, 3.05) is 0 Å². The topological polar surface area (TPSA) is 23.8 Å². The van der Waals surface area contributed by atoms with Gasteiger partial charge in [0.25, 0.3) is 0 Å². The highest BCUT2D eigenvalue weighted by molar-refractivity contribution is 9.09. The van der Waals surface area contributed by atoms with E-state index in [1.807, 2.05) is 30.3 Å². The molecule has 1 atom stereocenters. The normalized spacial score (nSPS) is 13.1. The van der Waals surface area contributed by atoms with Crippen molar-refractivity contribution in [2.24, 2.45) is 0 Å². The van der Waals surface area contributed by atoms with Crippen LogP contribution in [0, 0.1) is 0 Å². The van der Waals surface area contributed by atoms with Crippen molar-refractivity contribution in [3.05, 3.63) is 35.9 Å². The number of hydrogen-bond donors (Lipinski definition) is 0. The molecule has 0 spiro atoms. The van der Waals surface area contributed by atoms with Gasteiger partial charge in [0.05, 0.1) is 0 Å². The van der Waals surface area contributed by atoms with E-state index in [0.717, 1.165) is 5.56 Å². The minimum atomic E-state index is -0.279. The summed E-state index contributed by atoms with van der Waals surface area (Å²) in [6, 6.07) is 9.65. The molecule has 0 bridgehead atoms. The molecule has 1 N–H and O–H groups in total. The summed E-state index contributed by atoms with van der Waals surface area (Å²) in [7, 11) is 0. The first-order valence-corrected chi connectivity index (χ1v) is 3.62. The molecule has 0 heterocycles. The molecule has 1 unspecified atom stereocenters. The van der Waals surface area contributed by atoms with E-state index >= 15 is 0 Å². The fraction of sp³-hybridized carbons (Fsp3) is 0.143. The summed E-state index contributed by atoms with van der Waals surface area (Å²) in [5.74, 6) is 0. The molecule has 0 fully saturated rings. The third-order valence-electron chi connectivity index (χ3n) is 1.09. The van der Waals surface area contributed by atoms with E-state index in [4.69, 9.17) is 5.73 Å². The molecule has 0 aliphatic heterocycles. The van der Waals surface area contributed by atoms with E-state index in [2.05, 4.69) is 15.9 Å². The van der Waals surface area contributed by atoms with Crippen LogP contribution in [0.15, 0.2) is 30.3 Å². The third-order valence-corrected chi connectivity index (χ3v) is 1.62. The molecule has 0 saturated heterocycles. The third kappa shape index (κ3) is 1.80. The Bertz CT molecular complexity index is 172. The number of rotatable bonds is 1. The highest BCUT2D eigenvalue weighted by Gasteiger charge is 1.96. The molecule has 0 amide bonds. The van der Waals surface area contributed by atoms with Gasteiger partial charge in [0.1, 0.15) is 4.95 Å². The maximum Gasteiger partial charge on any atom is 0.101 e. The van der Waals surface area contributed by atoms with Gasteiger partial charge in [-0.3, -0.25) is 0 Å². The van der Waals surface area contributed by atoms with Crippen LogP contribution >= 0.6 is 15.9 Å². The molecule has 0 aromatic heterocycles. The Kier molecular flexibility index (Phi) is 2.25. The van der Waals surface area contributed by atoms with Crippen molar-refractivity contribution in [3.8, 4) is 0 Å². The standard InChI is InChI=1S/C7H7BrN/c8-7(9)6-4-2-1-3-5-6/h1-5,7,9H. The van der Waals surface area contributed by atoms with Gasteiger partial charge in [-0.1, -0.05) is 46.3 Å². The zero-order valence-electron chi connectivity index (χ0n) is 4.84. The summed E-state index contributed by atoms with van der Waals surface area (Å²) in [5.41, 5.74) is 8.23. The number of benzene rings is 1. The molecule has 2 heteroatoms. The molecule has 1 nitrogen and oxygen atoms in total. The molecule has 0 aliphatic carbocycles. The van der Waals surface area contributed by atoms with E-state index in [-0.39, 0.29) is 4.95 Å². The zero-order valence-corrected chi connectivity index (χ0v) is 6.43. The Hall–Kier alpha value is -0.340. The van der Waals surface area contributed by atoms with Gasteiger partial charge in [-0.25, -0.2) is 5.73 Å². The van der Waals surface area contributed by atoms with Crippen LogP contribution < -0.4 is 5.73 Å². The average Bonchev–Trinajstić information content (AvgIpc) is 1.90. The first kappa shape index (κ1) is 6.78. The van der Waals surface area contributed by atoms with Crippen molar-refractivity contribution in [2.45, 2.75) is 4.95 Å². The van der Waals surface area contributed by atoms with E-state index < -0.39 is 0 Å². The van der Waals surface area contributed by atoms with Crippen molar-refractivity contribution < 1.29 is 0 Å². The second-order valence-electron chi connectivity index (χ2n) is 1.77. The van der Waals surface area contributed by atoms with Crippen LogP contribution in [0.3, 0.4) is 0 Å². The van der Waals surface area contributed by atoms with Crippen molar-refractivity contribution >= 4 is 15.9 Å². The number of nitrogens with one attached hydrogen (secondary N) is 1. The van der Waals surface area contributed by atoms with Crippen LogP contribution in [0.25, 0.3) is 0 Å². The first-order chi connectivity index (χ1) is 4.30. The van der Waals surface area contributed by atoms with Crippen LogP contribution in [-0.4, -0.2) is 0 Å². The molecule has 1 rings (SSSR count). The Morgan fingerprint density at radius 2 is 1.78 bits per heavy atom. The lowest BCUT2D eigenvalue weighted by Gasteiger charge is -1.98. The van der Waals surface area contributed by atoms with Crippen molar-refractivity contribution in [3.63, 3.8) is 0 Å². The predicted molar refractivity (Wildman–Crippen MR) is 41.2 cm³/mol. The fourth-order valence-corrected chi connectivity index (χ4v) is 0.927. The van der Waals surface area contributed by atoms with E-state index in [0.29, 0.717) is 0 Å². The quantitative estimate of drug-likeness (QED) is 0.473. The zero-order chi connectivity index (χ0) is 6.69. The first-order valence-electron chi connectivity index (χ1n) is 2.71. The van der Waals surface area contributed by atoms with Gasteiger partial charge in [-0.2, -0.15) is 0 Å². The van der Waals surface area contributed by atoms with Crippen molar-refractivity contribution in [1.29, 1.82) is 0 Å². The average molecular weight is 185 g/mol. The molecule has 0 aliphatic rings. The molecular weight excluding hydrogens is 178 g/mol. The van der Waals surface area contributed by atoms with Crippen LogP contribution in [-0.2, 0) is 0 Å². The molecule has 47 valence electrons. The lowest BCUT2D eigenvalue weighted by Crippen LogP contribution is -1.86. The van der Waals surface area contributed by atoms with Gasteiger partial charge in [-0.15, -0.1) is 0 Å². The van der Waals surface area contributed by atoms with Gasteiger partial charge in [-0.05, 0) is 5.56 Å². The van der Waals surface area contributed by atoms with Gasteiger partial charge >= 0.3 is 0 Å². The van der Waals surface area contributed by atoms with Crippen LogP contribution in [0.1, 0.15) is 10.5 Å². The van der Waals surface area contributed by atoms with Gasteiger partial charge in [0, 0.05) is 0 Å². The number of alkyl halides is 1. The van der Waals surface area contributed by atoms with Crippen LogP contribution in [0.4, 0.5) is 0 Å². The highest BCUT2D eigenvalue weighted by atomic mass is 79.9. The smallest absolute Gasteiger partial charge is 0.101 e. The summed E-state index contributed by atoms with van der Waals surface area (Å²) < 4.78 is 0. The predicted octanol–water partition coefficient (Wildman–Crippen LogP) is 2.36. The van der Waals surface area contributed by atoms with Gasteiger partial charge in [0.15, 0.2) is 0 Å². The fourth-order valence-electron chi connectivity index (χ4n) is 0.622. The monoisotopic (exact) mass is 184 g/mol. The lowest BCUT2D eigenvalue weighted by molar-refractivity contribution is 1.01. The SMILES string of the molecule is [NH]C(Br)c1ccccc1. The molecule has 1 aromatic rings. The summed E-state index contributed by atoms with van der Waals surface area (Å²) in [6.45, 7) is 0. The Balaban J connectivity index is 2.85. The maximum absolute atomic E-state index is 7.24. The molecule has 1 radical (unpaired) electrons. The lowest BCUT2D eigenvalue weighted by atomic mass is 10.2. The summed E-state index contributed by atoms with van der Waals surface area (Å²) in [5, 5.41) is 0. The second kappa shape index (κ2) is 2.99. The van der Waals surface area contributed by atoms with Gasteiger partial charge < -0.3 is 0 Å². The molecule has 1 aromatic carbocycles. The van der Waals surface area contributed by atoms with Crippen LogP contribution in [0.5, 0.6) is 0 Å². The van der Waals surface area contributed by atoms with E-state index in [9.17, 15) is 0 Å². The highest BCUT2D eigenvalue weighted by Crippen LogP contribution is 2.16. The molecule has 0 saturated carbocycles.